The molecule has 0 saturated heterocycles. The summed E-state index contributed by atoms with van der Waals surface area (Å²) in [4.78, 5) is 12.0. The minimum Gasteiger partial charge on any atom is -0.147 e. The number of benzene rings is 1. The second-order valence-corrected chi connectivity index (χ2v) is 7.29. The molecule has 0 aromatic heterocycles. The van der Waals surface area contributed by atoms with E-state index in [-0.39, 0.29) is 42.0 Å². The van der Waals surface area contributed by atoms with Crippen LogP contribution in [-0.2, 0) is 22.9 Å². The van der Waals surface area contributed by atoms with Crippen molar-refractivity contribution >= 4 is 30.8 Å². The second kappa shape index (κ2) is 8.48. The number of allylic oxidation sites excluding steroid dienone is 4. The van der Waals surface area contributed by atoms with Gasteiger partial charge in [-0.1, -0.05) is 0 Å². The Morgan fingerprint density at radius 2 is 1.57 bits per heavy atom. The Bertz CT molecular complexity index is 649. The van der Waals surface area contributed by atoms with E-state index >= 15 is 0 Å². The summed E-state index contributed by atoms with van der Waals surface area (Å²) >= 11 is -0.994. The summed E-state index contributed by atoms with van der Waals surface area (Å²) < 4.78 is 19.7. The van der Waals surface area contributed by atoms with Gasteiger partial charge in [0.25, 0.3) is 0 Å². The molecule has 0 N–H and O–H groups in total. The van der Waals surface area contributed by atoms with Crippen LogP contribution in [0.1, 0.15) is 45.0 Å². The molecule has 0 aliphatic heterocycles. The third-order valence-corrected chi connectivity index (χ3v) is 6.72. The molecule has 23 heavy (non-hydrogen) atoms. The van der Waals surface area contributed by atoms with Crippen LogP contribution in [0, 0.1) is 11.2 Å². The average Bonchev–Trinajstić information content (AvgIpc) is 2.58. The molecule has 0 fully saturated rings. The third kappa shape index (κ3) is 4.48. The van der Waals surface area contributed by atoms with Gasteiger partial charge in [-0.15, -0.1) is 24.8 Å². The third-order valence-electron chi connectivity index (χ3n) is 4.39. The molecular formula is C17H21Cl2FO2Ti. The summed E-state index contributed by atoms with van der Waals surface area (Å²) in [5.74, 6) is -0.721. The molecule has 2 nitrogen and oxygen atoms in total. The Labute approximate surface area is 158 Å². The van der Waals surface area contributed by atoms with Gasteiger partial charge in [-0.2, -0.15) is 0 Å². The van der Waals surface area contributed by atoms with E-state index in [0.717, 1.165) is 0 Å². The van der Waals surface area contributed by atoms with Crippen molar-refractivity contribution in [1.82, 2.24) is 0 Å². The fraction of sp³-hybridized carbons (Fsp3) is 0.353. The Morgan fingerprint density at radius 1 is 1.04 bits per heavy atom. The standard InChI is InChI=1S/C10H15.C7H5FO2.2ClH.Ti/c1-7-6-10(4,5)9(3)8(7)2;8-6-3-1-5(2-4-6)7(9)10;;;/h1-5H3;1-4H,(H,9,10);2*1H;/q;;;;+1/p-1. The number of carbonyl (C=O) groups is 1. The van der Waals surface area contributed by atoms with Crippen LogP contribution in [0.15, 0.2) is 44.9 Å². The number of halogens is 3. The van der Waals surface area contributed by atoms with Crippen LogP contribution in [0.2, 0.25) is 0 Å². The van der Waals surface area contributed by atoms with E-state index in [9.17, 15) is 9.18 Å². The van der Waals surface area contributed by atoms with Crippen molar-refractivity contribution in [3.05, 3.63) is 56.2 Å². The van der Waals surface area contributed by atoms with Crippen LogP contribution in [0.4, 0.5) is 4.39 Å². The first kappa shape index (κ1) is 22.4. The summed E-state index contributed by atoms with van der Waals surface area (Å²) in [6, 6.07) is 5.46. The minimum atomic E-state index is -0.994. The largest absolute Gasteiger partial charge is 0.147 e. The fourth-order valence-electron chi connectivity index (χ4n) is 2.54. The second-order valence-electron chi connectivity index (χ2n) is 5.87. The van der Waals surface area contributed by atoms with E-state index in [4.69, 9.17) is 3.32 Å². The Hall–Kier alpha value is -0.606. The molecule has 0 saturated carbocycles. The van der Waals surface area contributed by atoms with Crippen LogP contribution >= 0.6 is 24.8 Å². The average molecular weight is 395 g/mol. The number of hydrogen-bond acceptors (Lipinski definition) is 2. The van der Waals surface area contributed by atoms with Crippen LogP contribution in [-0.4, -0.2) is 5.97 Å². The van der Waals surface area contributed by atoms with E-state index in [1.165, 1.54) is 44.9 Å². The van der Waals surface area contributed by atoms with Gasteiger partial charge in [0, 0.05) is 0 Å². The molecule has 1 aromatic carbocycles. The van der Waals surface area contributed by atoms with Crippen LogP contribution < -0.4 is 0 Å². The minimum absolute atomic E-state index is 0. The quantitative estimate of drug-likeness (QED) is 0.635. The first-order chi connectivity index (χ1) is 9.75. The zero-order chi connectivity index (χ0) is 15.8. The van der Waals surface area contributed by atoms with Crippen molar-refractivity contribution in [2.24, 2.45) is 5.41 Å². The topological polar surface area (TPSA) is 26.3 Å². The summed E-state index contributed by atoms with van der Waals surface area (Å²) in [7, 11) is 0. The molecule has 1 aliphatic carbocycles. The van der Waals surface area contributed by atoms with Crippen molar-refractivity contribution in [2.45, 2.75) is 34.6 Å². The fourth-order valence-corrected chi connectivity index (χ4v) is 4.25. The Balaban J connectivity index is 0.00000242. The van der Waals surface area contributed by atoms with E-state index < -0.39 is 19.5 Å². The van der Waals surface area contributed by atoms with Gasteiger partial charge in [0.2, 0.25) is 0 Å². The van der Waals surface area contributed by atoms with E-state index in [2.05, 4.69) is 34.6 Å². The van der Waals surface area contributed by atoms with Gasteiger partial charge in [0.05, 0.1) is 0 Å². The molecule has 1 aromatic rings. The maximum Gasteiger partial charge on any atom is -0.147 e. The van der Waals surface area contributed by atoms with Crippen molar-refractivity contribution < 1.29 is 32.0 Å². The molecule has 0 atom stereocenters. The maximum atomic E-state index is 12.9. The SMILES string of the molecule is CC1=C(C)C(C)(C)[C]([Ti][O]C(=O)c2ccc(F)cc2)=C1C.Cl.Cl. The molecule has 0 radical (unpaired) electrons. The van der Waals surface area contributed by atoms with Crippen molar-refractivity contribution in [1.29, 1.82) is 0 Å². The van der Waals surface area contributed by atoms with Crippen molar-refractivity contribution in [3.63, 3.8) is 0 Å². The molecule has 0 unspecified atom stereocenters. The Kier molecular flexibility index (Phi) is 8.26. The smallest absolute Gasteiger partial charge is 0.147 e. The van der Waals surface area contributed by atoms with Crippen LogP contribution in [0.5, 0.6) is 0 Å². The van der Waals surface area contributed by atoms with Crippen LogP contribution in [0.3, 0.4) is 0 Å². The predicted octanol–water partition coefficient (Wildman–Crippen LogP) is 5.47. The van der Waals surface area contributed by atoms with Crippen LogP contribution in [0.25, 0.3) is 0 Å². The zero-order valence-corrected chi connectivity index (χ0v) is 17.0. The first-order valence-electron chi connectivity index (χ1n) is 6.87. The van der Waals surface area contributed by atoms with E-state index in [0.29, 0.717) is 5.56 Å². The van der Waals surface area contributed by atoms with Gasteiger partial charge in [-0.05, 0) is 0 Å². The first-order valence-corrected chi connectivity index (χ1v) is 8.29. The van der Waals surface area contributed by atoms with E-state index in [1.807, 2.05) is 0 Å². The summed E-state index contributed by atoms with van der Waals surface area (Å²) in [5.41, 5.74) is 4.27. The number of rotatable bonds is 3. The predicted molar refractivity (Wildman–Crippen MR) is 91.2 cm³/mol. The monoisotopic (exact) mass is 394 g/mol. The van der Waals surface area contributed by atoms with Gasteiger partial charge in [-0.25, -0.2) is 0 Å². The van der Waals surface area contributed by atoms with Gasteiger partial charge >= 0.3 is 134 Å². The summed E-state index contributed by atoms with van der Waals surface area (Å²) in [6.45, 7) is 10.7. The molecule has 0 bridgehead atoms. The maximum absolute atomic E-state index is 12.9. The normalized spacial score (nSPS) is 15.7. The van der Waals surface area contributed by atoms with E-state index in [1.54, 1.807) is 0 Å². The Morgan fingerprint density at radius 3 is 2.00 bits per heavy atom. The molecule has 126 valence electrons. The molecule has 0 spiro atoms. The van der Waals surface area contributed by atoms with Gasteiger partial charge in [0.1, 0.15) is 0 Å². The van der Waals surface area contributed by atoms with Gasteiger partial charge < -0.3 is 0 Å². The molecular weight excluding hydrogens is 374 g/mol. The molecule has 1 aliphatic rings. The van der Waals surface area contributed by atoms with Crippen molar-refractivity contribution in [2.75, 3.05) is 0 Å². The summed E-state index contributed by atoms with van der Waals surface area (Å²) in [6.07, 6.45) is 0. The van der Waals surface area contributed by atoms with Gasteiger partial charge in [0.15, 0.2) is 0 Å². The van der Waals surface area contributed by atoms with Gasteiger partial charge in [-0.3, -0.25) is 0 Å². The summed E-state index contributed by atoms with van der Waals surface area (Å²) in [5, 5.41) is 0. The van der Waals surface area contributed by atoms with Crippen molar-refractivity contribution in [3.8, 4) is 0 Å². The number of carbonyl (C=O) groups excluding carboxylic acids is 1. The zero-order valence-electron chi connectivity index (χ0n) is 13.8. The molecule has 2 rings (SSSR count). The molecule has 6 heteroatoms. The molecule has 0 amide bonds. The molecule has 0 heterocycles. The number of hydrogen-bond donors (Lipinski definition) is 0.